The van der Waals surface area contributed by atoms with Crippen molar-refractivity contribution in [2.75, 3.05) is 19.6 Å². The number of rotatable bonds is 5. The Labute approximate surface area is 224 Å². The summed E-state index contributed by atoms with van der Waals surface area (Å²) in [6.07, 6.45) is -8.27. The molecular weight excluding hydrogens is 542 g/mol. The Bertz CT molecular complexity index is 1490. The molecule has 0 saturated carbocycles. The van der Waals surface area contributed by atoms with Gasteiger partial charge in [-0.15, -0.1) is 11.3 Å². The van der Waals surface area contributed by atoms with Crippen LogP contribution in [0.3, 0.4) is 0 Å². The van der Waals surface area contributed by atoms with Crippen molar-refractivity contribution in [3.63, 3.8) is 0 Å². The van der Waals surface area contributed by atoms with Crippen molar-refractivity contribution in [1.29, 1.82) is 0 Å². The van der Waals surface area contributed by atoms with E-state index in [1.165, 1.54) is 16.2 Å². The van der Waals surface area contributed by atoms with Crippen LogP contribution in [0.2, 0.25) is 0 Å². The lowest BCUT2D eigenvalue weighted by atomic mass is 9.97. The number of alkyl halides is 6. The molecule has 0 spiro atoms. The summed E-state index contributed by atoms with van der Waals surface area (Å²) in [4.78, 5) is 24.5. The number of para-hydroxylation sites is 1. The van der Waals surface area contributed by atoms with Crippen LogP contribution in [0.25, 0.3) is 10.9 Å². The van der Waals surface area contributed by atoms with Gasteiger partial charge in [0.15, 0.2) is 0 Å². The number of hydrogen-bond acceptors (Lipinski definition) is 4. The maximum atomic E-state index is 13.8. The molecule has 4 aromatic rings. The van der Waals surface area contributed by atoms with Gasteiger partial charge in [-0.1, -0.05) is 24.3 Å². The van der Waals surface area contributed by atoms with E-state index in [4.69, 9.17) is 0 Å². The predicted octanol–water partition coefficient (Wildman–Crippen LogP) is 6.54. The summed E-state index contributed by atoms with van der Waals surface area (Å²) < 4.78 is 82.0. The van der Waals surface area contributed by atoms with Crippen LogP contribution < -0.4 is 0 Å². The Morgan fingerprint density at radius 3 is 2.51 bits per heavy atom. The number of halogens is 6. The fraction of sp³-hybridized carbons (Fsp3) is 0.333. The first-order valence-electron chi connectivity index (χ1n) is 12.2. The van der Waals surface area contributed by atoms with Crippen molar-refractivity contribution < 1.29 is 31.1 Å². The van der Waals surface area contributed by atoms with Gasteiger partial charge in [0, 0.05) is 61.1 Å². The number of amides is 1. The van der Waals surface area contributed by atoms with Crippen molar-refractivity contribution >= 4 is 28.1 Å². The van der Waals surface area contributed by atoms with Crippen LogP contribution in [0.5, 0.6) is 0 Å². The Hall–Kier alpha value is -3.38. The highest BCUT2D eigenvalue weighted by Crippen LogP contribution is 2.42. The standard InChI is InChI=1S/C27H24F6N4OS/c1-16-35-18(15-39-16)11-19-14-37(10-9-36(19)13-17-12-34-23-8-3-2-5-20(17)23)25(38)21-6-4-7-22(26(28,29)30)24(21)27(31,32)33/h2-8,12,15,19,34H,9-11,13-14H2,1H3. The van der Waals surface area contributed by atoms with E-state index in [0.29, 0.717) is 25.6 Å². The van der Waals surface area contributed by atoms with Crippen molar-refractivity contribution in [1.82, 2.24) is 19.8 Å². The highest BCUT2D eigenvalue weighted by molar-refractivity contribution is 7.09. The maximum absolute atomic E-state index is 13.8. The number of aromatic nitrogens is 2. The summed E-state index contributed by atoms with van der Waals surface area (Å²) in [5.41, 5.74) is -2.02. The van der Waals surface area contributed by atoms with Gasteiger partial charge in [0.05, 0.1) is 27.4 Å². The average Bonchev–Trinajstić information content (AvgIpc) is 3.48. The predicted molar refractivity (Wildman–Crippen MR) is 135 cm³/mol. The molecule has 1 amide bonds. The second-order valence-corrected chi connectivity index (χ2v) is 10.6. The Balaban J connectivity index is 1.45. The molecule has 2 aromatic heterocycles. The molecule has 39 heavy (non-hydrogen) atoms. The number of benzene rings is 2. The molecule has 206 valence electrons. The van der Waals surface area contributed by atoms with Crippen LogP contribution in [-0.2, 0) is 25.3 Å². The van der Waals surface area contributed by atoms with E-state index in [1.54, 1.807) is 0 Å². The summed E-state index contributed by atoms with van der Waals surface area (Å²) in [7, 11) is 0. The van der Waals surface area contributed by atoms with Gasteiger partial charge >= 0.3 is 12.4 Å². The van der Waals surface area contributed by atoms with Crippen molar-refractivity contribution in [3.8, 4) is 0 Å². The van der Waals surface area contributed by atoms with E-state index in [2.05, 4.69) is 14.9 Å². The highest BCUT2D eigenvalue weighted by Gasteiger charge is 2.46. The van der Waals surface area contributed by atoms with Crippen LogP contribution >= 0.6 is 11.3 Å². The maximum Gasteiger partial charge on any atom is 0.417 e. The van der Waals surface area contributed by atoms with E-state index >= 15 is 0 Å². The zero-order valence-corrected chi connectivity index (χ0v) is 21.6. The van der Waals surface area contributed by atoms with E-state index in [9.17, 15) is 31.1 Å². The number of carbonyl (C=O) groups excluding carboxylic acids is 1. The fourth-order valence-corrected chi connectivity index (χ4v) is 5.77. The smallest absolute Gasteiger partial charge is 0.361 e. The Morgan fingerprint density at radius 1 is 1.05 bits per heavy atom. The first-order valence-corrected chi connectivity index (χ1v) is 13.1. The minimum absolute atomic E-state index is 0.0469. The Morgan fingerprint density at radius 2 is 1.82 bits per heavy atom. The molecule has 1 aliphatic heterocycles. The number of piperazine rings is 1. The number of aryl methyl sites for hydroxylation is 1. The van der Waals surface area contributed by atoms with Gasteiger partial charge < -0.3 is 9.88 Å². The molecule has 1 atom stereocenters. The number of fused-ring (bicyclic) bond motifs is 1. The molecule has 12 heteroatoms. The zero-order chi connectivity index (χ0) is 27.9. The monoisotopic (exact) mass is 566 g/mol. The van der Waals surface area contributed by atoms with E-state index in [-0.39, 0.29) is 19.1 Å². The molecule has 1 fully saturated rings. The van der Waals surface area contributed by atoms with E-state index < -0.39 is 35.0 Å². The number of nitrogens with zero attached hydrogens (tertiary/aromatic N) is 3. The lowest BCUT2D eigenvalue weighted by Crippen LogP contribution is -2.55. The number of nitrogens with one attached hydrogen (secondary N) is 1. The third-order valence-electron chi connectivity index (χ3n) is 6.94. The minimum atomic E-state index is -5.36. The van der Waals surface area contributed by atoms with Crippen LogP contribution in [0.15, 0.2) is 54.0 Å². The lowest BCUT2D eigenvalue weighted by molar-refractivity contribution is -0.162. The van der Waals surface area contributed by atoms with Crippen LogP contribution in [-0.4, -0.2) is 51.4 Å². The number of thiazole rings is 1. The molecule has 0 aliphatic carbocycles. The summed E-state index contributed by atoms with van der Waals surface area (Å²) >= 11 is 1.47. The normalized spacial score (nSPS) is 17.2. The second kappa shape index (κ2) is 10.3. The summed E-state index contributed by atoms with van der Waals surface area (Å²) in [5.74, 6) is -1.07. The molecule has 5 rings (SSSR count). The SMILES string of the molecule is Cc1nc(CC2CN(C(=O)c3cccc(C(F)(F)F)c3C(F)(F)F)CCN2Cc2c[nH]c3ccccc23)cs1. The van der Waals surface area contributed by atoms with Gasteiger partial charge in [-0.05, 0) is 30.7 Å². The molecule has 3 heterocycles. The topological polar surface area (TPSA) is 52.2 Å². The summed E-state index contributed by atoms with van der Waals surface area (Å²) in [6.45, 7) is 2.84. The lowest BCUT2D eigenvalue weighted by Gasteiger charge is -2.41. The molecule has 1 saturated heterocycles. The molecule has 2 aromatic carbocycles. The quantitative estimate of drug-likeness (QED) is 0.279. The van der Waals surface area contributed by atoms with Gasteiger partial charge in [-0.25, -0.2) is 4.98 Å². The molecule has 1 aliphatic rings. The van der Waals surface area contributed by atoms with Crippen molar-refractivity contribution in [3.05, 3.63) is 87.0 Å². The number of hydrogen-bond donors (Lipinski definition) is 1. The number of aromatic amines is 1. The second-order valence-electron chi connectivity index (χ2n) is 9.52. The van der Waals surface area contributed by atoms with Gasteiger partial charge in [-0.3, -0.25) is 9.69 Å². The average molecular weight is 567 g/mol. The molecule has 5 nitrogen and oxygen atoms in total. The van der Waals surface area contributed by atoms with Gasteiger partial charge in [0.2, 0.25) is 0 Å². The fourth-order valence-electron chi connectivity index (χ4n) is 5.15. The van der Waals surface area contributed by atoms with Gasteiger partial charge in [0.1, 0.15) is 0 Å². The van der Waals surface area contributed by atoms with Crippen molar-refractivity contribution in [2.45, 2.75) is 38.3 Å². The summed E-state index contributed by atoms with van der Waals surface area (Å²) in [6, 6.07) is 9.50. The third-order valence-corrected chi connectivity index (χ3v) is 7.76. The molecule has 0 bridgehead atoms. The number of H-pyrrole nitrogens is 1. The molecule has 0 radical (unpaired) electrons. The largest absolute Gasteiger partial charge is 0.417 e. The Kier molecular flexibility index (Phi) is 7.19. The highest BCUT2D eigenvalue weighted by atomic mass is 32.1. The van der Waals surface area contributed by atoms with Crippen molar-refractivity contribution in [2.24, 2.45) is 0 Å². The first kappa shape index (κ1) is 27.2. The minimum Gasteiger partial charge on any atom is -0.361 e. The van der Waals surface area contributed by atoms with Gasteiger partial charge in [-0.2, -0.15) is 26.3 Å². The van der Waals surface area contributed by atoms with E-state index in [1.807, 2.05) is 42.8 Å². The van der Waals surface area contributed by atoms with Gasteiger partial charge in [0.25, 0.3) is 5.91 Å². The first-order chi connectivity index (χ1) is 18.4. The van der Waals surface area contributed by atoms with Crippen LogP contribution in [0.4, 0.5) is 26.3 Å². The summed E-state index contributed by atoms with van der Waals surface area (Å²) in [5, 5.41) is 3.79. The zero-order valence-electron chi connectivity index (χ0n) is 20.7. The number of carbonyl (C=O) groups is 1. The molecular formula is C27H24F6N4OS. The van der Waals surface area contributed by atoms with Crippen LogP contribution in [0, 0.1) is 6.92 Å². The third kappa shape index (κ3) is 5.67. The van der Waals surface area contributed by atoms with E-state index in [0.717, 1.165) is 39.3 Å². The van der Waals surface area contributed by atoms with Crippen LogP contribution in [0.1, 0.15) is 37.7 Å². The molecule has 1 N–H and O–H groups in total. The molecule has 1 unspecified atom stereocenters.